The van der Waals surface area contributed by atoms with E-state index in [9.17, 15) is 30.3 Å². The maximum absolute atomic E-state index is 12.9. The molecule has 1 heterocycles. The first-order chi connectivity index (χ1) is 27.8. The molecule has 1 saturated heterocycles. The Hall–Kier alpha value is -2.11. The van der Waals surface area contributed by atoms with E-state index in [2.05, 4.69) is 67.8 Å². The van der Waals surface area contributed by atoms with Gasteiger partial charge in [0.15, 0.2) is 6.29 Å². The van der Waals surface area contributed by atoms with Crippen LogP contribution in [-0.2, 0) is 14.3 Å². The standard InChI is InChI=1S/C48H85NO8/c1-3-5-7-9-11-13-15-17-19-21-23-25-27-29-31-33-35-37-42(51)41(40-56-48-47(55)46(54)45(53)43(39-50)57-48)49-44(52)38-36-34-32-30-28-26-24-22-20-18-16-14-12-10-8-6-4-2/h6,8,12,14,18,20,27,29,35,37,41-43,45-48,50-51,53-55H,3-5,7,9-11,13,15-17,19,21-26,28,30-34,36,38-40H2,1-2H3,(H,49,52)/b8-6-,14-12-,20-18-,29-27+,37-35+. The third-order valence-corrected chi connectivity index (χ3v) is 10.6. The number of aliphatic hydroxyl groups excluding tert-OH is 5. The van der Waals surface area contributed by atoms with E-state index in [1.807, 2.05) is 6.08 Å². The SMILES string of the molecule is CC/C=C\C/C=C\C/C=C\CCCCCCCCCC(=O)NC(COC1OC(CO)C(O)C(O)C1O)C(O)/C=C/CC/C=C/CCCCCCCCCCCCC. The summed E-state index contributed by atoms with van der Waals surface area (Å²) in [4.78, 5) is 12.9. The van der Waals surface area contributed by atoms with E-state index >= 15 is 0 Å². The molecule has 1 aliphatic heterocycles. The molecule has 9 nitrogen and oxygen atoms in total. The van der Waals surface area contributed by atoms with Crippen LogP contribution >= 0.6 is 0 Å². The molecule has 0 spiro atoms. The average molecular weight is 804 g/mol. The number of unbranched alkanes of at least 4 members (excludes halogenated alkanes) is 19. The number of aliphatic hydroxyl groups is 5. The molecule has 0 aromatic heterocycles. The van der Waals surface area contributed by atoms with Gasteiger partial charge in [-0.1, -0.05) is 171 Å². The number of nitrogens with one attached hydrogen (secondary N) is 1. The van der Waals surface area contributed by atoms with Gasteiger partial charge in [-0.2, -0.15) is 0 Å². The van der Waals surface area contributed by atoms with Crippen LogP contribution in [0.3, 0.4) is 0 Å². The number of ether oxygens (including phenoxy) is 2. The molecule has 0 saturated carbocycles. The van der Waals surface area contributed by atoms with Crippen molar-refractivity contribution in [2.24, 2.45) is 0 Å². The van der Waals surface area contributed by atoms with Gasteiger partial charge in [0.25, 0.3) is 0 Å². The highest BCUT2D eigenvalue weighted by Crippen LogP contribution is 2.22. The lowest BCUT2D eigenvalue weighted by Crippen LogP contribution is -2.60. The van der Waals surface area contributed by atoms with Crippen LogP contribution in [0.2, 0.25) is 0 Å². The van der Waals surface area contributed by atoms with Gasteiger partial charge in [-0.3, -0.25) is 4.79 Å². The Morgan fingerprint density at radius 2 is 1.11 bits per heavy atom. The van der Waals surface area contributed by atoms with Crippen molar-refractivity contribution in [3.05, 3.63) is 60.8 Å². The fourth-order valence-electron chi connectivity index (χ4n) is 6.89. The van der Waals surface area contributed by atoms with E-state index in [1.165, 1.54) is 89.9 Å². The molecule has 1 fully saturated rings. The van der Waals surface area contributed by atoms with Gasteiger partial charge in [0.1, 0.15) is 24.4 Å². The normalized spacial score (nSPS) is 21.6. The number of hydrogen-bond acceptors (Lipinski definition) is 8. The molecule has 1 aliphatic rings. The number of allylic oxidation sites excluding steroid dienone is 9. The van der Waals surface area contributed by atoms with E-state index in [4.69, 9.17) is 9.47 Å². The third-order valence-electron chi connectivity index (χ3n) is 10.6. The molecule has 1 amide bonds. The number of carbonyl (C=O) groups is 1. The number of amides is 1. The van der Waals surface area contributed by atoms with Crippen LogP contribution in [0, 0.1) is 0 Å². The minimum atomic E-state index is -1.57. The predicted octanol–water partition coefficient (Wildman–Crippen LogP) is 9.61. The minimum Gasteiger partial charge on any atom is -0.394 e. The summed E-state index contributed by atoms with van der Waals surface area (Å²) in [6.45, 7) is 3.63. The van der Waals surface area contributed by atoms with Crippen LogP contribution in [0.25, 0.3) is 0 Å². The second kappa shape index (κ2) is 38.1. The lowest BCUT2D eigenvalue weighted by molar-refractivity contribution is -0.302. The second-order valence-electron chi connectivity index (χ2n) is 15.8. The highest BCUT2D eigenvalue weighted by atomic mass is 16.7. The van der Waals surface area contributed by atoms with Gasteiger partial charge in [0.05, 0.1) is 25.4 Å². The molecule has 0 aromatic rings. The van der Waals surface area contributed by atoms with Crippen molar-refractivity contribution in [1.82, 2.24) is 5.32 Å². The molecule has 0 aromatic carbocycles. The first kappa shape index (κ1) is 52.9. The highest BCUT2D eigenvalue weighted by Gasteiger charge is 2.44. The largest absolute Gasteiger partial charge is 0.394 e. The second-order valence-corrected chi connectivity index (χ2v) is 15.8. The number of hydrogen-bond donors (Lipinski definition) is 6. The molecule has 0 aliphatic carbocycles. The quantitative estimate of drug-likeness (QED) is 0.0269. The zero-order valence-electron chi connectivity index (χ0n) is 36.1. The summed E-state index contributed by atoms with van der Waals surface area (Å²) in [5, 5.41) is 54.2. The number of carbonyl (C=O) groups excluding carboxylic acids is 1. The van der Waals surface area contributed by atoms with Gasteiger partial charge >= 0.3 is 0 Å². The lowest BCUT2D eigenvalue weighted by atomic mass is 9.99. The Labute approximate surface area is 347 Å². The molecule has 7 unspecified atom stereocenters. The fourth-order valence-corrected chi connectivity index (χ4v) is 6.89. The zero-order chi connectivity index (χ0) is 41.6. The van der Waals surface area contributed by atoms with Crippen molar-refractivity contribution in [1.29, 1.82) is 0 Å². The molecule has 1 rings (SSSR count). The molecule has 330 valence electrons. The summed E-state index contributed by atoms with van der Waals surface area (Å²) in [5.74, 6) is -0.200. The average Bonchev–Trinajstić information content (AvgIpc) is 3.21. The predicted molar refractivity (Wildman–Crippen MR) is 235 cm³/mol. The van der Waals surface area contributed by atoms with Gasteiger partial charge in [0, 0.05) is 6.42 Å². The molecular weight excluding hydrogens is 719 g/mol. The molecule has 57 heavy (non-hydrogen) atoms. The summed E-state index contributed by atoms with van der Waals surface area (Å²) >= 11 is 0. The lowest BCUT2D eigenvalue weighted by Gasteiger charge is -2.40. The van der Waals surface area contributed by atoms with Crippen molar-refractivity contribution in [3.8, 4) is 0 Å². The molecule has 7 atom stereocenters. The number of rotatable bonds is 37. The van der Waals surface area contributed by atoms with Gasteiger partial charge in [0.2, 0.25) is 5.91 Å². The van der Waals surface area contributed by atoms with Crippen molar-refractivity contribution >= 4 is 5.91 Å². The fraction of sp³-hybridized carbons (Fsp3) is 0.771. The maximum Gasteiger partial charge on any atom is 0.220 e. The Bertz CT molecular complexity index is 1070. The Morgan fingerprint density at radius 3 is 1.68 bits per heavy atom. The molecule has 9 heteroatoms. The van der Waals surface area contributed by atoms with E-state index in [0.717, 1.165) is 70.6 Å². The summed E-state index contributed by atoms with van der Waals surface area (Å²) < 4.78 is 11.2. The van der Waals surface area contributed by atoms with Crippen molar-refractivity contribution in [2.45, 2.75) is 224 Å². The smallest absolute Gasteiger partial charge is 0.220 e. The van der Waals surface area contributed by atoms with Crippen LogP contribution in [-0.4, -0.2) is 87.5 Å². The van der Waals surface area contributed by atoms with E-state index in [-0.39, 0.29) is 12.5 Å². The Morgan fingerprint density at radius 1 is 0.614 bits per heavy atom. The van der Waals surface area contributed by atoms with Crippen LogP contribution < -0.4 is 5.32 Å². The van der Waals surface area contributed by atoms with Crippen LogP contribution in [0.4, 0.5) is 0 Å². The summed E-state index contributed by atoms with van der Waals surface area (Å²) in [6.07, 6.45) is 42.6. The van der Waals surface area contributed by atoms with E-state index in [1.54, 1.807) is 6.08 Å². The summed E-state index contributed by atoms with van der Waals surface area (Å²) in [7, 11) is 0. The van der Waals surface area contributed by atoms with Gasteiger partial charge in [-0.15, -0.1) is 0 Å². The van der Waals surface area contributed by atoms with Gasteiger partial charge in [-0.05, 0) is 64.2 Å². The topological polar surface area (TPSA) is 149 Å². The summed E-state index contributed by atoms with van der Waals surface area (Å²) in [5.41, 5.74) is 0. The van der Waals surface area contributed by atoms with Crippen molar-refractivity contribution < 1.29 is 39.8 Å². The molecule has 0 radical (unpaired) electrons. The van der Waals surface area contributed by atoms with Crippen molar-refractivity contribution in [2.75, 3.05) is 13.2 Å². The zero-order valence-corrected chi connectivity index (χ0v) is 36.1. The first-order valence-electron chi connectivity index (χ1n) is 23.0. The van der Waals surface area contributed by atoms with Crippen LogP contribution in [0.1, 0.15) is 181 Å². The van der Waals surface area contributed by atoms with E-state index < -0.39 is 49.5 Å². The molecule has 6 N–H and O–H groups in total. The highest BCUT2D eigenvalue weighted by molar-refractivity contribution is 5.76. The maximum atomic E-state index is 12.9. The Kier molecular flexibility index (Phi) is 35.4. The van der Waals surface area contributed by atoms with Crippen LogP contribution in [0.15, 0.2) is 60.8 Å². The van der Waals surface area contributed by atoms with Gasteiger partial charge in [-0.25, -0.2) is 0 Å². The molecular formula is C48H85NO8. The summed E-state index contributed by atoms with van der Waals surface area (Å²) in [6, 6.07) is -0.828. The minimum absolute atomic E-state index is 0.200. The van der Waals surface area contributed by atoms with Crippen molar-refractivity contribution in [3.63, 3.8) is 0 Å². The van der Waals surface area contributed by atoms with Crippen LogP contribution in [0.5, 0.6) is 0 Å². The van der Waals surface area contributed by atoms with E-state index in [0.29, 0.717) is 6.42 Å². The molecule has 0 bridgehead atoms. The first-order valence-corrected chi connectivity index (χ1v) is 23.0. The Balaban J connectivity index is 2.40. The monoisotopic (exact) mass is 804 g/mol. The van der Waals surface area contributed by atoms with Gasteiger partial charge < -0.3 is 40.3 Å². The third kappa shape index (κ3) is 28.9.